The first-order valence-electron chi connectivity index (χ1n) is 8.83. The molecule has 1 fully saturated rings. The molecule has 1 saturated heterocycles. The van der Waals surface area contributed by atoms with Gasteiger partial charge in [0.2, 0.25) is 5.95 Å². The Hall–Kier alpha value is -1.26. The molecule has 0 radical (unpaired) electrons. The number of aliphatic hydroxyl groups is 1. The van der Waals surface area contributed by atoms with Crippen LogP contribution in [0.15, 0.2) is 12.3 Å². The number of hydrogen-bond donors (Lipinski definition) is 2. The van der Waals surface area contributed by atoms with Crippen LogP contribution in [0.3, 0.4) is 0 Å². The van der Waals surface area contributed by atoms with Crippen LogP contribution >= 0.6 is 11.6 Å². The van der Waals surface area contributed by atoms with Crippen LogP contribution in [0.2, 0.25) is 23.3 Å². The third-order valence-corrected chi connectivity index (χ3v) is 10.3. The number of nitrogen functional groups attached to an aromatic ring is 1. The Morgan fingerprint density at radius 3 is 2.70 bits per heavy atom. The Kier molecular flexibility index (Phi) is 5.28. The fourth-order valence-electron chi connectivity index (χ4n) is 2.79. The molecule has 1 aliphatic rings. The molecule has 0 amide bonds. The minimum atomic E-state index is -2.05. The molecule has 7 nitrogen and oxygen atoms in total. The Labute approximate surface area is 163 Å². The number of anilines is 1. The normalized spacial score (nSPS) is 26.8. The quantitative estimate of drug-likeness (QED) is 0.586. The van der Waals surface area contributed by atoms with E-state index in [1.54, 1.807) is 12.3 Å². The molecule has 0 spiro atoms. The topological polar surface area (TPSA) is 95.4 Å². The summed E-state index contributed by atoms with van der Waals surface area (Å²) >= 11 is 6.07. The Morgan fingerprint density at radius 1 is 1.41 bits per heavy atom. The van der Waals surface area contributed by atoms with Crippen molar-refractivity contribution >= 4 is 36.9 Å². The first-order chi connectivity index (χ1) is 12.4. The number of hydrogen-bond acceptors (Lipinski definition) is 6. The number of rotatable bonds is 4. The van der Waals surface area contributed by atoms with Gasteiger partial charge in [-0.05, 0) is 24.2 Å². The van der Waals surface area contributed by atoms with E-state index in [1.807, 2.05) is 0 Å². The molecule has 1 aliphatic heterocycles. The van der Waals surface area contributed by atoms with Crippen LogP contribution < -0.4 is 5.73 Å². The minimum Gasteiger partial charge on any atom is -0.414 e. The second kappa shape index (κ2) is 6.96. The van der Waals surface area contributed by atoms with Crippen LogP contribution in [-0.2, 0) is 9.16 Å². The van der Waals surface area contributed by atoms with Gasteiger partial charge in [-0.25, -0.2) is 9.37 Å². The molecule has 0 saturated carbocycles. The van der Waals surface area contributed by atoms with E-state index >= 15 is 0 Å². The smallest absolute Gasteiger partial charge is 0.223 e. The maximum absolute atomic E-state index is 14.8. The van der Waals surface area contributed by atoms with Gasteiger partial charge in [0.15, 0.2) is 20.7 Å². The van der Waals surface area contributed by atoms with Crippen molar-refractivity contribution in [3.05, 3.63) is 17.4 Å². The molecule has 4 atom stereocenters. The lowest BCUT2D eigenvalue weighted by molar-refractivity contribution is -0.0432. The highest BCUT2D eigenvalue weighted by atomic mass is 35.5. The highest BCUT2D eigenvalue weighted by molar-refractivity contribution is 6.74. The van der Waals surface area contributed by atoms with E-state index in [0.29, 0.717) is 11.0 Å². The van der Waals surface area contributed by atoms with Gasteiger partial charge < -0.3 is 24.6 Å². The zero-order valence-corrected chi connectivity index (χ0v) is 17.9. The molecule has 10 heteroatoms. The van der Waals surface area contributed by atoms with Gasteiger partial charge in [-0.15, -0.1) is 0 Å². The zero-order valence-electron chi connectivity index (χ0n) is 16.1. The summed E-state index contributed by atoms with van der Waals surface area (Å²) in [4.78, 5) is 8.03. The molecule has 0 bridgehead atoms. The largest absolute Gasteiger partial charge is 0.414 e. The number of nitrogens with zero attached hydrogens (tertiary/aromatic N) is 3. The first-order valence-corrected chi connectivity index (χ1v) is 12.1. The molecular formula is C17H26ClFN4O3Si. The third-order valence-electron chi connectivity index (χ3n) is 5.53. The van der Waals surface area contributed by atoms with Gasteiger partial charge in [0.25, 0.3) is 0 Å². The van der Waals surface area contributed by atoms with Gasteiger partial charge >= 0.3 is 0 Å². The molecule has 2 aromatic heterocycles. The van der Waals surface area contributed by atoms with Gasteiger partial charge in [0.1, 0.15) is 23.0 Å². The van der Waals surface area contributed by atoms with E-state index in [0.717, 1.165) is 0 Å². The van der Waals surface area contributed by atoms with E-state index in [1.165, 1.54) is 4.57 Å². The summed E-state index contributed by atoms with van der Waals surface area (Å²) in [6.45, 7) is 10.7. The van der Waals surface area contributed by atoms with Gasteiger partial charge in [-0.3, -0.25) is 0 Å². The first kappa shape index (κ1) is 20.5. The average molecular weight is 417 g/mol. The standard InChI is InChI=1S/C17H26ClFN4O3Si/c1-17(2,3)27(4,5)25-8-10-12(24)11(19)15(26-10)23-7-6-9-13(18)21-16(20)22-14(9)23/h6-7,10-12,15,24H,8H2,1-5H3,(H2,20,21,22)/t10-,11+,12-,15-/m1/s1. The lowest BCUT2D eigenvalue weighted by atomic mass is 10.1. The lowest BCUT2D eigenvalue weighted by Crippen LogP contribution is -2.44. The van der Waals surface area contributed by atoms with Gasteiger partial charge in [-0.1, -0.05) is 32.4 Å². The van der Waals surface area contributed by atoms with Crippen LogP contribution in [0.1, 0.15) is 27.0 Å². The fourth-order valence-corrected chi connectivity index (χ4v) is 4.04. The van der Waals surface area contributed by atoms with Crippen molar-refractivity contribution in [1.82, 2.24) is 14.5 Å². The van der Waals surface area contributed by atoms with Crippen LogP contribution in [0.4, 0.5) is 10.3 Å². The second-order valence-corrected chi connectivity index (χ2v) is 13.6. The number of alkyl halides is 1. The lowest BCUT2D eigenvalue weighted by Gasteiger charge is -2.37. The number of aromatic nitrogens is 3. The highest BCUT2D eigenvalue weighted by Crippen LogP contribution is 2.39. The summed E-state index contributed by atoms with van der Waals surface area (Å²) < 4.78 is 28.2. The molecule has 3 heterocycles. The molecular weight excluding hydrogens is 391 g/mol. The summed E-state index contributed by atoms with van der Waals surface area (Å²) in [6.07, 6.45) is -3.15. The van der Waals surface area contributed by atoms with Crippen LogP contribution in [0.25, 0.3) is 11.0 Å². The number of aliphatic hydroxyl groups excluding tert-OH is 1. The molecule has 0 aliphatic carbocycles. The average Bonchev–Trinajstić information content (AvgIpc) is 3.07. The highest BCUT2D eigenvalue weighted by Gasteiger charge is 2.47. The van der Waals surface area contributed by atoms with Crippen molar-refractivity contribution in [3.63, 3.8) is 0 Å². The maximum atomic E-state index is 14.8. The summed E-state index contributed by atoms with van der Waals surface area (Å²) in [5.41, 5.74) is 6.02. The molecule has 3 N–H and O–H groups in total. The van der Waals surface area contributed by atoms with E-state index in [4.69, 9.17) is 26.5 Å². The molecule has 0 aromatic carbocycles. The van der Waals surface area contributed by atoms with Crippen molar-refractivity contribution in [2.75, 3.05) is 12.3 Å². The minimum absolute atomic E-state index is 0.00685. The van der Waals surface area contributed by atoms with Crippen molar-refractivity contribution in [1.29, 1.82) is 0 Å². The SMILES string of the molecule is CC(C)(C)[Si](C)(C)OC[C@H]1O[C@@H](n2ccc3c(Cl)nc(N)nc32)[C@@H](F)[C@@H]1O. The van der Waals surface area contributed by atoms with E-state index < -0.39 is 32.9 Å². The predicted octanol–water partition coefficient (Wildman–Crippen LogP) is 3.29. The van der Waals surface area contributed by atoms with E-state index in [9.17, 15) is 9.50 Å². The summed E-state index contributed by atoms with van der Waals surface area (Å²) in [5.74, 6) is -0.0146. The summed E-state index contributed by atoms with van der Waals surface area (Å²) in [7, 11) is -2.05. The Morgan fingerprint density at radius 2 is 2.07 bits per heavy atom. The molecule has 0 unspecified atom stereocenters. The van der Waals surface area contributed by atoms with Gasteiger partial charge in [0, 0.05) is 6.20 Å². The van der Waals surface area contributed by atoms with E-state index in [2.05, 4.69) is 43.8 Å². The molecule has 2 aromatic rings. The van der Waals surface area contributed by atoms with Crippen molar-refractivity contribution < 1.29 is 18.7 Å². The van der Waals surface area contributed by atoms with Gasteiger partial charge in [0.05, 0.1) is 12.0 Å². The molecule has 27 heavy (non-hydrogen) atoms. The molecule has 150 valence electrons. The van der Waals surface area contributed by atoms with Crippen molar-refractivity contribution in [2.24, 2.45) is 0 Å². The van der Waals surface area contributed by atoms with Crippen molar-refractivity contribution in [2.45, 2.75) is 63.5 Å². The Bertz CT molecular complexity index is 841. The van der Waals surface area contributed by atoms with E-state index in [-0.39, 0.29) is 22.7 Å². The second-order valence-electron chi connectivity index (χ2n) is 8.40. The Balaban J connectivity index is 1.82. The predicted molar refractivity (Wildman–Crippen MR) is 105 cm³/mol. The number of fused-ring (bicyclic) bond motifs is 1. The number of ether oxygens (including phenoxy) is 1. The zero-order chi connectivity index (χ0) is 20.1. The van der Waals surface area contributed by atoms with Crippen LogP contribution in [0.5, 0.6) is 0 Å². The fraction of sp³-hybridized carbons (Fsp3) is 0.647. The molecule has 3 rings (SSSR count). The van der Waals surface area contributed by atoms with Crippen LogP contribution in [0, 0.1) is 0 Å². The number of halogens is 2. The third kappa shape index (κ3) is 3.71. The summed E-state index contributed by atoms with van der Waals surface area (Å²) in [5, 5.41) is 11.1. The number of nitrogens with two attached hydrogens (primary N) is 1. The van der Waals surface area contributed by atoms with Crippen molar-refractivity contribution in [3.8, 4) is 0 Å². The van der Waals surface area contributed by atoms with Gasteiger partial charge in [-0.2, -0.15) is 4.98 Å². The monoisotopic (exact) mass is 416 g/mol. The summed E-state index contributed by atoms with van der Waals surface area (Å²) in [6, 6.07) is 1.67. The van der Waals surface area contributed by atoms with Crippen LogP contribution in [-0.4, -0.2) is 52.9 Å². The maximum Gasteiger partial charge on any atom is 0.223 e.